The largest absolute Gasteiger partial charge is 0.327 e. The molecule has 6 nitrogen and oxygen atoms in total. The minimum Gasteiger partial charge on any atom is -0.322 e. The predicted octanol–water partition coefficient (Wildman–Crippen LogP) is 4.04. The first-order chi connectivity index (χ1) is 14.0. The molecule has 1 saturated carbocycles. The fourth-order valence-electron chi connectivity index (χ4n) is 4.34. The second-order valence-corrected chi connectivity index (χ2v) is 7.84. The highest BCUT2D eigenvalue weighted by Crippen LogP contribution is 2.39. The number of urea groups is 1. The van der Waals surface area contributed by atoms with E-state index in [-0.39, 0.29) is 24.4 Å². The number of amides is 4. The smallest absolute Gasteiger partial charge is 0.322 e. The van der Waals surface area contributed by atoms with Crippen molar-refractivity contribution in [2.75, 3.05) is 12.4 Å². The van der Waals surface area contributed by atoms with E-state index >= 15 is 0 Å². The molecular weight excluding hydrogens is 366 g/mol. The lowest BCUT2D eigenvalue weighted by Crippen LogP contribution is -2.49. The van der Waals surface area contributed by atoms with Gasteiger partial charge in [0.2, 0.25) is 0 Å². The lowest BCUT2D eigenvalue weighted by Gasteiger charge is -2.35. The van der Waals surface area contributed by atoms with Crippen molar-refractivity contribution in [2.45, 2.75) is 44.2 Å². The Morgan fingerprint density at radius 1 is 0.966 bits per heavy atom. The number of imide groups is 1. The number of benzene rings is 2. The van der Waals surface area contributed by atoms with Gasteiger partial charge in [-0.25, -0.2) is 4.79 Å². The van der Waals surface area contributed by atoms with Crippen molar-refractivity contribution in [2.24, 2.45) is 0 Å². The van der Waals surface area contributed by atoms with Crippen molar-refractivity contribution in [3.63, 3.8) is 0 Å². The van der Waals surface area contributed by atoms with Crippen LogP contribution in [0.1, 0.15) is 48.0 Å². The third kappa shape index (κ3) is 3.50. The molecule has 6 heteroatoms. The standard InChI is InChI=1S/C23H25N3O3/c1-25-22(29)26(21(28)23(25)14-6-3-7-15-23)16-17-10-12-18(13-11-17)20(27)24-19-8-4-2-5-9-19/h2,4-5,8-13H,3,6-7,14-16H2,1H3,(H,24,27). The van der Waals surface area contributed by atoms with Crippen LogP contribution in [0.3, 0.4) is 0 Å². The predicted molar refractivity (Wildman–Crippen MR) is 110 cm³/mol. The summed E-state index contributed by atoms with van der Waals surface area (Å²) in [4.78, 5) is 41.2. The van der Waals surface area contributed by atoms with E-state index in [4.69, 9.17) is 0 Å². The highest BCUT2D eigenvalue weighted by atomic mass is 16.2. The Morgan fingerprint density at radius 2 is 1.62 bits per heavy atom. The van der Waals surface area contributed by atoms with Gasteiger partial charge in [0, 0.05) is 18.3 Å². The van der Waals surface area contributed by atoms with Gasteiger partial charge in [-0.3, -0.25) is 14.5 Å². The SMILES string of the molecule is CN1C(=O)N(Cc2ccc(C(=O)Nc3ccccc3)cc2)C(=O)C12CCCCC2. The normalized spacial score (nSPS) is 18.4. The Kier molecular flexibility index (Phi) is 5.09. The zero-order valence-corrected chi connectivity index (χ0v) is 16.6. The van der Waals surface area contributed by atoms with E-state index in [1.165, 1.54) is 4.90 Å². The molecule has 1 N–H and O–H groups in total. The lowest BCUT2D eigenvalue weighted by atomic mass is 9.80. The van der Waals surface area contributed by atoms with E-state index in [9.17, 15) is 14.4 Å². The number of anilines is 1. The second-order valence-electron chi connectivity index (χ2n) is 7.84. The molecule has 29 heavy (non-hydrogen) atoms. The molecule has 1 heterocycles. The quantitative estimate of drug-likeness (QED) is 0.800. The molecule has 2 aromatic rings. The van der Waals surface area contributed by atoms with Gasteiger partial charge in [-0.1, -0.05) is 49.6 Å². The molecule has 1 aliphatic carbocycles. The summed E-state index contributed by atoms with van der Waals surface area (Å²) in [6, 6.07) is 16.1. The number of nitrogens with zero attached hydrogens (tertiary/aromatic N) is 2. The lowest BCUT2D eigenvalue weighted by molar-refractivity contribution is -0.134. The minimum atomic E-state index is -0.662. The maximum Gasteiger partial charge on any atom is 0.327 e. The Balaban J connectivity index is 1.45. The van der Waals surface area contributed by atoms with Crippen LogP contribution in [0.5, 0.6) is 0 Å². The van der Waals surface area contributed by atoms with Gasteiger partial charge < -0.3 is 10.2 Å². The molecule has 1 saturated heterocycles. The minimum absolute atomic E-state index is 0.0874. The number of hydrogen-bond acceptors (Lipinski definition) is 3. The van der Waals surface area contributed by atoms with Crippen LogP contribution in [0.25, 0.3) is 0 Å². The molecule has 0 atom stereocenters. The topological polar surface area (TPSA) is 69.7 Å². The summed E-state index contributed by atoms with van der Waals surface area (Å²) in [6.07, 6.45) is 4.54. The summed E-state index contributed by atoms with van der Waals surface area (Å²) < 4.78 is 0. The van der Waals surface area contributed by atoms with Crippen LogP contribution in [0.15, 0.2) is 54.6 Å². The van der Waals surface area contributed by atoms with Gasteiger partial charge >= 0.3 is 6.03 Å². The van der Waals surface area contributed by atoms with Gasteiger partial charge in [0.05, 0.1) is 6.54 Å². The molecule has 0 bridgehead atoms. The zero-order chi connectivity index (χ0) is 20.4. The summed E-state index contributed by atoms with van der Waals surface area (Å²) in [5, 5.41) is 2.85. The van der Waals surface area contributed by atoms with E-state index in [2.05, 4.69) is 5.32 Å². The van der Waals surface area contributed by atoms with Gasteiger partial charge in [-0.15, -0.1) is 0 Å². The van der Waals surface area contributed by atoms with Crippen molar-refractivity contribution < 1.29 is 14.4 Å². The molecular formula is C23H25N3O3. The molecule has 0 radical (unpaired) electrons. The fourth-order valence-corrected chi connectivity index (χ4v) is 4.34. The number of likely N-dealkylation sites (N-methyl/N-ethyl adjacent to an activating group) is 1. The van der Waals surface area contributed by atoms with Crippen molar-refractivity contribution >= 4 is 23.5 Å². The first-order valence-corrected chi connectivity index (χ1v) is 10.1. The van der Waals surface area contributed by atoms with Crippen molar-refractivity contribution in [1.82, 2.24) is 9.80 Å². The van der Waals surface area contributed by atoms with Crippen molar-refractivity contribution in [3.05, 3.63) is 65.7 Å². The Bertz CT molecular complexity index is 918. The number of hydrogen-bond donors (Lipinski definition) is 1. The van der Waals surface area contributed by atoms with Crippen molar-refractivity contribution in [3.8, 4) is 0 Å². The van der Waals surface area contributed by atoms with Crippen LogP contribution in [0.4, 0.5) is 10.5 Å². The molecule has 2 aliphatic rings. The van der Waals surface area contributed by atoms with Gasteiger partial charge in [0.1, 0.15) is 5.54 Å². The van der Waals surface area contributed by atoms with E-state index in [1.54, 1.807) is 36.2 Å². The number of carbonyl (C=O) groups is 3. The molecule has 2 aromatic carbocycles. The maximum absolute atomic E-state index is 13.1. The average Bonchev–Trinajstić information content (AvgIpc) is 2.92. The summed E-state index contributed by atoms with van der Waals surface area (Å²) in [5.41, 5.74) is 1.42. The van der Waals surface area contributed by atoms with E-state index in [0.29, 0.717) is 5.56 Å². The molecule has 4 amide bonds. The molecule has 4 rings (SSSR count). The summed E-state index contributed by atoms with van der Waals surface area (Å²) in [7, 11) is 1.74. The fraction of sp³-hybridized carbons (Fsp3) is 0.348. The molecule has 1 aliphatic heterocycles. The Labute approximate surface area is 170 Å². The van der Waals surface area contributed by atoms with Crippen LogP contribution < -0.4 is 5.32 Å². The Morgan fingerprint density at radius 3 is 2.28 bits per heavy atom. The molecule has 0 unspecified atom stereocenters. The van der Waals surface area contributed by atoms with Crippen LogP contribution in [0.2, 0.25) is 0 Å². The maximum atomic E-state index is 13.1. The van der Waals surface area contributed by atoms with E-state index in [0.717, 1.165) is 43.4 Å². The second kappa shape index (κ2) is 7.70. The highest BCUT2D eigenvalue weighted by molar-refractivity contribution is 6.07. The molecule has 2 fully saturated rings. The van der Waals surface area contributed by atoms with Gasteiger partial charge in [-0.05, 0) is 42.7 Å². The highest BCUT2D eigenvalue weighted by Gasteiger charge is 2.55. The van der Waals surface area contributed by atoms with Gasteiger partial charge in [0.25, 0.3) is 11.8 Å². The Hall–Kier alpha value is -3.15. The first-order valence-electron chi connectivity index (χ1n) is 10.1. The average molecular weight is 391 g/mol. The van der Waals surface area contributed by atoms with E-state index < -0.39 is 5.54 Å². The van der Waals surface area contributed by atoms with Crippen LogP contribution in [0, 0.1) is 0 Å². The van der Waals surface area contributed by atoms with Crippen LogP contribution in [-0.4, -0.2) is 40.2 Å². The van der Waals surface area contributed by atoms with Gasteiger partial charge in [-0.2, -0.15) is 0 Å². The monoisotopic (exact) mass is 391 g/mol. The van der Waals surface area contributed by atoms with Crippen LogP contribution in [-0.2, 0) is 11.3 Å². The molecule has 1 spiro atoms. The van der Waals surface area contributed by atoms with Crippen molar-refractivity contribution in [1.29, 1.82) is 0 Å². The number of carbonyl (C=O) groups excluding carboxylic acids is 3. The molecule has 0 aromatic heterocycles. The van der Waals surface area contributed by atoms with Gasteiger partial charge in [0.15, 0.2) is 0 Å². The molecule has 150 valence electrons. The number of nitrogens with one attached hydrogen (secondary N) is 1. The number of rotatable bonds is 4. The third-order valence-corrected chi connectivity index (χ3v) is 6.07. The third-order valence-electron chi connectivity index (χ3n) is 6.07. The summed E-state index contributed by atoms with van der Waals surface area (Å²) in [5.74, 6) is -0.285. The van der Waals surface area contributed by atoms with E-state index in [1.807, 2.05) is 30.3 Å². The zero-order valence-electron chi connectivity index (χ0n) is 16.6. The summed E-state index contributed by atoms with van der Waals surface area (Å²) >= 11 is 0. The first kappa shape index (κ1) is 19.2. The van der Waals surface area contributed by atoms with Crippen LogP contribution >= 0.6 is 0 Å². The number of para-hydroxylation sites is 1. The summed E-state index contributed by atoms with van der Waals surface area (Å²) in [6.45, 7) is 0.227.